The minimum absolute atomic E-state index is 0.171. The van der Waals surface area contributed by atoms with E-state index in [4.69, 9.17) is 12.3 Å². The third kappa shape index (κ3) is 2.56. The molecule has 1 aliphatic carbocycles. The van der Waals surface area contributed by atoms with Gasteiger partial charge in [-0.15, -0.1) is 0 Å². The van der Waals surface area contributed by atoms with Crippen molar-refractivity contribution in [2.45, 2.75) is 26.2 Å². The number of halogens is 1. The number of hydrogen-bond acceptors (Lipinski definition) is 2. The van der Waals surface area contributed by atoms with Crippen molar-refractivity contribution < 1.29 is 17.1 Å². The second kappa shape index (κ2) is 6.29. The number of hydrogen-bond donors (Lipinski definition) is 1. The number of carbonyl (C=O) groups is 1. The van der Waals surface area contributed by atoms with E-state index in [1.54, 1.807) is 6.08 Å². The van der Waals surface area contributed by atoms with Crippen molar-refractivity contribution in [1.29, 1.82) is 0 Å². The van der Waals surface area contributed by atoms with Gasteiger partial charge in [-0.2, -0.15) is 0 Å². The van der Waals surface area contributed by atoms with E-state index in [2.05, 4.69) is 20.9 Å². The number of H-pyrrole nitrogens is 1. The molecule has 5 heteroatoms. The SMILES string of the molecule is [2H]C([2H])([2H])CN(CC([2H])([2H])[2H])C(=O)[C@@H]1C=C2c3cccc4[nH]c(Br)c(c34)C[C@H]2N(C([2H])([2H])[2H])C1. The molecular weight excluding hydrogens is 378 g/mol. The van der Waals surface area contributed by atoms with Crippen LogP contribution in [0.25, 0.3) is 16.5 Å². The van der Waals surface area contributed by atoms with Gasteiger partial charge >= 0.3 is 0 Å². The fourth-order valence-electron chi connectivity index (χ4n) is 3.88. The highest BCUT2D eigenvalue weighted by Gasteiger charge is 2.37. The van der Waals surface area contributed by atoms with E-state index in [-0.39, 0.29) is 6.54 Å². The Morgan fingerprint density at radius 2 is 2.28 bits per heavy atom. The second-order valence-electron chi connectivity index (χ2n) is 6.44. The minimum Gasteiger partial charge on any atom is -0.349 e. The molecule has 1 aromatic heterocycles. The highest BCUT2D eigenvalue weighted by molar-refractivity contribution is 9.10. The lowest BCUT2D eigenvalue weighted by atomic mass is 9.79. The Hall–Kier alpha value is -1.59. The molecule has 1 amide bonds. The minimum atomic E-state index is -2.56. The number of benzene rings is 1. The molecule has 0 spiro atoms. The fourth-order valence-corrected chi connectivity index (χ4v) is 4.46. The van der Waals surface area contributed by atoms with E-state index in [1.807, 2.05) is 18.2 Å². The van der Waals surface area contributed by atoms with Crippen LogP contribution in [0.15, 0.2) is 28.9 Å². The summed E-state index contributed by atoms with van der Waals surface area (Å²) in [4.78, 5) is 18.8. The highest BCUT2D eigenvalue weighted by Crippen LogP contribution is 2.43. The lowest BCUT2D eigenvalue weighted by Crippen LogP contribution is -2.47. The zero-order valence-corrected chi connectivity index (χ0v) is 15.1. The first-order chi connectivity index (χ1) is 15.5. The third-order valence-electron chi connectivity index (χ3n) is 5.10. The molecule has 1 N–H and O–H groups in total. The number of nitrogens with zero attached hydrogens (tertiary/aromatic N) is 2. The monoisotopic (exact) mass is 410 g/mol. The highest BCUT2D eigenvalue weighted by atomic mass is 79.9. The van der Waals surface area contributed by atoms with E-state index in [0.29, 0.717) is 12.0 Å². The molecule has 0 saturated carbocycles. The molecule has 4 rings (SSSR count). The molecule has 25 heavy (non-hydrogen) atoms. The van der Waals surface area contributed by atoms with Crippen LogP contribution >= 0.6 is 15.9 Å². The van der Waals surface area contributed by atoms with Crippen LogP contribution < -0.4 is 0 Å². The van der Waals surface area contributed by atoms with Gasteiger partial charge in [0.2, 0.25) is 5.91 Å². The predicted molar refractivity (Wildman–Crippen MR) is 106 cm³/mol. The van der Waals surface area contributed by atoms with Crippen LogP contribution in [0.5, 0.6) is 0 Å². The van der Waals surface area contributed by atoms with Crippen LogP contribution in [0.3, 0.4) is 0 Å². The quantitative estimate of drug-likeness (QED) is 0.837. The van der Waals surface area contributed by atoms with Crippen molar-refractivity contribution in [1.82, 2.24) is 14.8 Å². The van der Waals surface area contributed by atoms with E-state index in [0.717, 1.165) is 31.5 Å². The number of nitrogens with one attached hydrogen (secondary N) is 1. The average molecular weight is 411 g/mol. The van der Waals surface area contributed by atoms with Crippen LogP contribution in [-0.4, -0.2) is 53.3 Å². The van der Waals surface area contributed by atoms with Gasteiger partial charge in [0.25, 0.3) is 0 Å². The average Bonchev–Trinajstić information content (AvgIpc) is 3.00. The van der Waals surface area contributed by atoms with Crippen LogP contribution in [0, 0.1) is 5.92 Å². The molecule has 0 unspecified atom stereocenters. The number of aromatic nitrogens is 1. The molecule has 2 aromatic rings. The van der Waals surface area contributed by atoms with Gasteiger partial charge in [0.05, 0.1) is 10.5 Å². The Kier molecular flexibility index (Phi) is 2.36. The third-order valence-corrected chi connectivity index (χ3v) is 5.78. The molecule has 0 saturated heterocycles. The number of likely N-dealkylation sites (N-methyl/N-ethyl adjacent to an activating group) is 1. The second-order valence-corrected chi connectivity index (χ2v) is 7.23. The summed E-state index contributed by atoms with van der Waals surface area (Å²) in [6, 6.07) is 5.11. The summed E-state index contributed by atoms with van der Waals surface area (Å²) in [5.74, 6) is -1.71. The van der Waals surface area contributed by atoms with Gasteiger partial charge in [-0.1, -0.05) is 18.2 Å². The van der Waals surface area contributed by atoms with Crippen LogP contribution in [-0.2, 0) is 11.2 Å². The summed E-state index contributed by atoms with van der Waals surface area (Å²) in [5.41, 5.74) is 3.31. The fraction of sp³-hybridized carbons (Fsp3) is 0.450. The van der Waals surface area contributed by atoms with Crippen molar-refractivity contribution in [3.63, 3.8) is 0 Å². The van der Waals surface area contributed by atoms with Gasteiger partial charge in [-0.25, -0.2) is 0 Å². The number of carbonyl (C=O) groups excluding carboxylic acids is 1. The molecule has 4 nitrogen and oxygen atoms in total. The standard InChI is InChI=1S/C20H24BrN3O/c1-4-24(5-2)20(25)12-9-14-13-7-6-8-16-18(13)15(19(21)22-16)10-17(14)23(3)11-12/h6-9,12,17,22H,4-5,10-11H2,1-3H3/t12-,17-/m1/s1/i1D3,2D3,3D3. The Bertz CT molecular complexity index is 1130. The first kappa shape index (κ1) is 9.38. The van der Waals surface area contributed by atoms with Crippen LogP contribution in [0.2, 0.25) is 0 Å². The summed E-state index contributed by atoms with van der Waals surface area (Å²) in [5, 5.41) is 0.942. The van der Waals surface area contributed by atoms with Gasteiger partial charge in [0, 0.05) is 48.9 Å². The van der Waals surface area contributed by atoms with Gasteiger partial charge in [-0.05, 0) is 65.8 Å². The zero-order valence-electron chi connectivity index (χ0n) is 22.5. The van der Waals surface area contributed by atoms with E-state index in [1.165, 1.54) is 4.90 Å². The molecule has 0 radical (unpaired) electrons. The first-order valence-corrected chi connectivity index (χ1v) is 8.91. The molecule has 1 aromatic carbocycles. The normalized spacial score (nSPS) is 29.5. The molecule has 0 bridgehead atoms. The van der Waals surface area contributed by atoms with Crippen molar-refractivity contribution in [2.24, 2.45) is 5.92 Å². The summed E-state index contributed by atoms with van der Waals surface area (Å²) >= 11 is 3.53. The van der Waals surface area contributed by atoms with Gasteiger partial charge < -0.3 is 9.88 Å². The number of rotatable bonds is 3. The molecular formula is C20H24BrN3O. The van der Waals surface area contributed by atoms with Crippen LogP contribution in [0.1, 0.15) is 37.2 Å². The summed E-state index contributed by atoms with van der Waals surface area (Å²) < 4.78 is 70.5. The molecule has 0 fully saturated rings. The topological polar surface area (TPSA) is 39.3 Å². The van der Waals surface area contributed by atoms with Crippen molar-refractivity contribution in [2.75, 3.05) is 26.6 Å². The molecule has 2 atom stereocenters. The maximum Gasteiger partial charge on any atom is 0.230 e. The molecule has 2 aliphatic rings. The summed E-state index contributed by atoms with van der Waals surface area (Å²) in [6.45, 7) is -9.27. The number of fused-ring (bicyclic) bond motifs is 2. The number of aromatic amines is 1. The number of amides is 1. The smallest absolute Gasteiger partial charge is 0.230 e. The van der Waals surface area contributed by atoms with Crippen molar-refractivity contribution in [3.8, 4) is 0 Å². The maximum absolute atomic E-state index is 13.5. The van der Waals surface area contributed by atoms with Gasteiger partial charge in [0.1, 0.15) is 0 Å². The molecule has 2 heterocycles. The van der Waals surface area contributed by atoms with Crippen LogP contribution in [0.4, 0.5) is 0 Å². The first-order valence-electron chi connectivity index (χ1n) is 12.6. The van der Waals surface area contributed by atoms with Gasteiger partial charge in [0.15, 0.2) is 0 Å². The van der Waals surface area contributed by atoms with Gasteiger partial charge in [-0.3, -0.25) is 9.69 Å². The Morgan fingerprint density at radius 3 is 3.04 bits per heavy atom. The Labute approximate surface area is 169 Å². The lowest BCUT2D eigenvalue weighted by Gasteiger charge is -2.40. The van der Waals surface area contributed by atoms with Crippen molar-refractivity contribution in [3.05, 3.63) is 40.0 Å². The van der Waals surface area contributed by atoms with Crippen molar-refractivity contribution >= 4 is 38.3 Å². The molecule has 132 valence electrons. The zero-order chi connectivity index (χ0) is 25.2. The van der Waals surface area contributed by atoms with E-state index < -0.39 is 51.6 Å². The molecule has 1 aliphatic heterocycles. The lowest BCUT2D eigenvalue weighted by molar-refractivity contribution is -0.134. The summed E-state index contributed by atoms with van der Waals surface area (Å²) in [6.07, 6.45) is 2.11. The largest absolute Gasteiger partial charge is 0.349 e. The summed E-state index contributed by atoms with van der Waals surface area (Å²) in [7, 11) is 0. The predicted octanol–water partition coefficient (Wildman–Crippen LogP) is 3.67. The Morgan fingerprint density at radius 1 is 1.44 bits per heavy atom. The Balaban J connectivity index is 1.81. The maximum atomic E-state index is 13.5. The van der Waals surface area contributed by atoms with E-state index >= 15 is 0 Å². The van der Waals surface area contributed by atoms with E-state index in [9.17, 15) is 4.79 Å².